The molecule has 1 fully saturated rings. The molecule has 7 nitrogen and oxygen atoms in total. The molecule has 1 aliphatic heterocycles. The smallest absolute Gasteiger partial charge is 0.257 e. The molecule has 1 atom stereocenters. The third-order valence-corrected chi connectivity index (χ3v) is 2.84. The second-order valence-corrected chi connectivity index (χ2v) is 4.13. The number of aromatic nitrogens is 2. The van der Waals surface area contributed by atoms with Crippen molar-refractivity contribution in [1.29, 1.82) is 0 Å². The molecule has 98 valence electrons. The van der Waals surface area contributed by atoms with Crippen molar-refractivity contribution in [1.82, 2.24) is 20.0 Å². The van der Waals surface area contributed by atoms with Gasteiger partial charge in [0.25, 0.3) is 11.8 Å². The van der Waals surface area contributed by atoms with Gasteiger partial charge in [0.15, 0.2) is 6.10 Å². The number of nitrogens with zero attached hydrogens (tertiary/aromatic N) is 3. The van der Waals surface area contributed by atoms with E-state index >= 15 is 0 Å². The minimum Gasteiger partial charge on any atom is -0.365 e. The summed E-state index contributed by atoms with van der Waals surface area (Å²) in [5.74, 6) is -0.334. The Morgan fingerprint density at radius 1 is 1.56 bits per heavy atom. The number of likely N-dealkylation sites (N-methyl/N-ethyl adjacent to an activating group) is 1. The number of ether oxygens (including phenoxy) is 1. The van der Waals surface area contributed by atoms with E-state index in [1.165, 1.54) is 6.20 Å². The lowest BCUT2D eigenvalue weighted by molar-refractivity contribution is -0.136. The second kappa shape index (κ2) is 5.18. The summed E-state index contributed by atoms with van der Waals surface area (Å²) in [4.78, 5) is 25.3. The number of morpholine rings is 1. The predicted octanol–water partition coefficient (Wildman–Crippen LogP) is -0.993. The minimum absolute atomic E-state index is 0.125. The summed E-state index contributed by atoms with van der Waals surface area (Å²) in [5, 5.41) is 6.48. The van der Waals surface area contributed by atoms with Gasteiger partial charge in [-0.05, 0) is 0 Å². The highest BCUT2D eigenvalue weighted by molar-refractivity contribution is 5.94. The first kappa shape index (κ1) is 12.6. The first-order valence-corrected chi connectivity index (χ1v) is 5.73. The Labute approximate surface area is 105 Å². The number of nitrogens with one attached hydrogen (secondary N) is 1. The lowest BCUT2D eigenvalue weighted by Gasteiger charge is -2.31. The molecular weight excluding hydrogens is 236 g/mol. The van der Waals surface area contributed by atoms with E-state index in [4.69, 9.17) is 4.74 Å². The molecule has 1 N–H and O–H groups in total. The van der Waals surface area contributed by atoms with Crippen LogP contribution in [-0.2, 0) is 16.6 Å². The molecule has 1 aromatic rings. The fourth-order valence-corrected chi connectivity index (χ4v) is 1.87. The maximum Gasteiger partial charge on any atom is 0.257 e. The van der Waals surface area contributed by atoms with Crippen molar-refractivity contribution in [3.8, 4) is 0 Å². The van der Waals surface area contributed by atoms with Crippen LogP contribution in [-0.4, -0.2) is 59.3 Å². The van der Waals surface area contributed by atoms with E-state index in [0.717, 1.165) is 0 Å². The monoisotopic (exact) mass is 252 g/mol. The molecule has 0 bridgehead atoms. The molecule has 2 amide bonds. The van der Waals surface area contributed by atoms with E-state index in [1.54, 1.807) is 29.9 Å². The molecule has 0 saturated carbocycles. The molecular formula is C11H16N4O3. The van der Waals surface area contributed by atoms with Gasteiger partial charge in [-0.1, -0.05) is 0 Å². The van der Waals surface area contributed by atoms with E-state index in [0.29, 0.717) is 18.7 Å². The lowest BCUT2D eigenvalue weighted by Crippen LogP contribution is -2.51. The molecule has 2 rings (SSSR count). The standard InChI is InChI=1S/C11H16N4O3/c1-12-10(16)9-7-15(3-4-18-9)11(17)8-5-13-14(2)6-8/h5-6,9H,3-4,7H2,1-2H3,(H,12,16). The fourth-order valence-electron chi connectivity index (χ4n) is 1.87. The summed E-state index contributed by atoms with van der Waals surface area (Å²) >= 11 is 0. The Balaban J connectivity index is 2.05. The molecule has 1 saturated heterocycles. The summed E-state index contributed by atoms with van der Waals surface area (Å²) < 4.78 is 6.90. The van der Waals surface area contributed by atoms with Crippen molar-refractivity contribution < 1.29 is 14.3 Å². The van der Waals surface area contributed by atoms with Gasteiger partial charge in [-0.15, -0.1) is 0 Å². The lowest BCUT2D eigenvalue weighted by atomic mass is 10.2. The van der Waals surface area contributed by atoms with Crippen LogP contribution in [0.4, 0.5) is 0 Å². The topological polar surface area (TPSA) is 76.5 Å². The van der Waals surface area contributed by atoms with Crippen molar-refractivity contribution in [3.63, 3.8) is 0 Å². The van der Waals surface area contributed by atoms with Crippen LogP contribution in [0.1, 0.15) is 10.4 Å². The molecule has 0 aliphatic carbocycles. The van der Waals surface area contributed by atoms with Crippen molar-refractivity contribution in [2.45, 2.75) is 6.10 Å². The van der Waals surface area contributed by atoms with Gasteiger partial charge in [-0.2, -0.15) is 5.10 Å². The first-order chi connectivity index (χ1) is 8.61. The summed E-state index contributed by atoms with van der Waals surface area (Å²) in [7, 11) is 3.30. The molecule has 2 heterocycles. The Bertz CT molecular complexity index is 457. The normalized spacial score (nSPS) is 19.7. The highest BCUT2D eigenvalue weighted by atomic mass is 16.5. The van der Waals surface area contributed by atoms with E-state index < -0.39 is 6.10 Å². The molecule has 7 heteroatoms. The summed E-state index contributed by atoms with van der Waals surface area (Å²) in [5.41, 5.74) is 0.523. The second-order valence-electron chi connectivity index (χ2n) is 4.13. The van der Waals surface area contributed by atoms with Crippen LogP contribution in [0.25, 0.3) is 0 Å². The van der Waals surface area contributed by atoms with E-state index in [2.05, 4.69) is 10.4 Å². The average molecular weight is 252 g/mol. The number of hydrogen-bond donors (Lipinski definition) is 1. The SMILES string of the molecule is CNC(=O)C1CN(C(=O)c2cnn(C)c2)CCO1. The molecule has 1 unspecified atom stereocenters. The molecule has 0 radical (unpaired) electrons. The zero-order chi connectivity index (χ0) is 13.1. The Morgan fingerprint density at radius 3 is 2.94 bits per heavy atom. The zero-order valence-electron chi connectivity index (χ0n) is 10.4. The summed E-state index contributed by atoms with van der Waals surface area (Å²) in [6.45, 7) is 1.12. The minimum atomic E-state index is -0.593. The van der Waals surface area contributed by atoms with Crippen LogP contribution in [0, 0.1) is 0 Å². The largest absolute Gasteiger partial charge is 0.365 e. The summed E-state index contributed by atoms with van der Waals surface area (Å²) in [6.07, 6.45) is 2.59. The van der Waals surface area contributed by atoms with Crippen molar-refractivity contribution >= 4 is 11.8 Å². The highest BCUT2D eigenvalue weighted by Gasteiger charge is 2.29. The van der Waals surface area contributed by atoms with Gasteiger partial charge in [0, 0.05) is 26.8 Å². The van der Waals surface area contributed by atoms with Crippen LogP contribution < -0.4 is 5.32 Å². The van der Waals surface area contributed by atoms with Gasteiger partial charge in [0.05, 0.1) is 24.9 Å². The Kier molecular flexibility index (Phi) is 3.61. The van der Waals surface area contributed by atoms with Crippen molar-refractivity contribution in [2.24, 2.45) is 7.05 Å². The van der Waals surface area contributed by atoms with Crippen molar-refractivity contribution in [3.05, 3.63) is 18.0 Å². The van der Waals surface area contributed by atoms with Gasteiger partial charge >= 0.3 is 0 Å². The van der Waals surface area contributed by atoms with E-state index in [1.807, 2.05) is 0 Å². The molecule has 1 aliphatic rings. The quantitative estimate of drug-likeness (QED) is 0.733. The molecule has 0 spiro atoms. The van der Waals surface area contributed by atoms with Crippen LogP contribution in [0.2, 0.25) is 0 Å². The van der Waals surface area contributed by atoms with Gasteiger partial charge in [-0.25, -0.2) is 0 Å². The van der Waals surface area contributed by atoms with Crippen molar-refractivity contribution in [2.75, 3.05) is 26.7 Å². The predicted molar refractivity (Wildman–Crippen MR) is 62.9 cm³/mol. The van der Waals surface area contributed by atoms with Gasteiger partial charge in [-0.3, -0.25) is 14.3 Å². The number of rotatable bonds is 2. The van der Waals surface area contributed by atoms with E-state index in [9.17, 15) is 9.59 Å². The van der Waals surface area contributed by atoms with Crippen LogP contribution >= 0.6 is 0 Å². The third kappa shape index (κ3) is 2.51. The maximum atomic E-state index is 12.2. The maximum absolute atomic E-state index is 12.2. The zero-order valence-corrected chi connectivity index (χ0v) is 10.4. The number of aryl methyl sites for hydroxylation is 1. The number of carbonyl (C=O) groups excluding carboxylic acids is 2. The molecule has 18 heavy (non-hydrogen) atoms. The summed E-state index contributed by atoms with van der Waals surface area (Å²) in [6, 6.07) is 0. The van der Waals surface area contributed by atoms with E-state index in [-0.39, 0.29) is 18.4 Å². The van der Waals surface area contributed by atoms with Crippen LogP contribution in [0.15, 0.2) is 12.4 Å². The molecule has 0 aromatic carbocycles. The first-order valence-electron chi connectivity index (χ1n) is 5.73. The van der Waals surface area contributed by atoms with Gasteiger partial charge in [0.2, 0.25) is 0 Å². The van der Waals surface area contributed by atoms with Gasteiger partial charge < -0.3 is 15.0 Å². The van der Waals surface area contributed by atoms with Crippen LogP contribution in [0.3, 0.4) is 0 Å². The van der Waals surface area contributed by atoms with Crippen LogP contribution in [0.5, 0.6) is 0 Å². The Morgan fingerprint density at radius 2 is 2.33 bits per heavy atom. The number of amides is 2. The fraction of sp³-hybridized carbons (Fsp3) is 0.545. The van der Waals surface area contributed by atoms with Gasteiger partial charge in [0.1, 0.15) is 0 Å². The Hall–Kier alpha value is -1.89. The number of carbonyl (C=O) groups is 2. The average Bonchev–Trinajstić information content (AvgIpc) is 2.83. The number of hydrogen-bond acceptors (Lipinski definition) is 4. The third-order valence-electron chi connectivity index (χ3n) is 2.84. The molecule has 1 aromatic heterocycles. The highest BCUT2D eigenvalue weighted by Crippen LogP contribution is 2.10.